The number of aromatic hydroxyl groups is 1. The van der Waals surface area contributed by atoms with Crippen LogP contribution < -0.4 is 5.43 Å². The van der Waals surface area contributed by atoms with Gasteiger partial charge in [-0.3, -0.25) is 15.5 Å². The SMILES string of the molecule is O=[N+]([O-])c1ccc(N/N=C/c2cc(Br)ccc2O)c(C(F)(F)F)c1. The predicted octanol–water partition coefficient (Wildman–Crippen LogP) is 4.53. The van der Waals surface area contributed by atoms with Crippen molar-refractivity contribution >= 4 is 33.5 Å². The van der Waals surface area contributed by atoms with Gasteiger partial charge in [0.05, 0.1) is 22.4 Å². The van der Waals surface area contributed by atoms with Crippen molar-refractivity contribution in [1.29, 1.82) is 0 Å². The molecular weight excluding hydrogens is 395 g/mol. The van der Waals surface area contributed by atoms with E-state index in [0.717, 1.165) is 18.3 Å². The highest BCUT2D eigenvalue weighted by atomic mass is 79.9. The Morgan fingerprint density at radius 3 is 2.58 bits per heavy atom. The lowest BCUT2D eigenvalue weighted by molar-refractivity contribution is -0.385. The van der Waals surface area contributed by atoms with Crippen LogP contribution in [-0.2, 0) is 6.18 Å². The molecule has 0 bridgehead atoms. The van der Waals surface area contributed by atoms with Gasteiger partial charge >= 0.3 is 6.18 Å². The Hall–Kier alpha value is -2.62. The molecule has 0 unspecified atom stereocenters. The number of hydrogen-bond donors (Lipinski definition) is 2. The summed E-state index contributed by atoms with van der Waals surface area (Å²) < 4.78 is 39.6. The average molecular weight is 404 g/mol. The number of nitro benzene ring substituents is 1. The molecule has 0 saturated heterocycles. The molecule has 0 saturated carbocycles. The molecule has 0 amide bonds. The molecule has 2 rings (SSSR count). The molecular formula is C14H9BrF3N3O3. The summed E-state index contributed by atoms with van der Waals surface area (Å²) in [4.78, 5) is 9.70. The molecule has 0 aliphatic heterocycles. The number of hydrazone groups is 1. The summed E-state index contributed by atoms with van der Waals surface area (Å²) in [5.74, 6) is -0.108. The minimum Gasteiger partial charge on any atom is -0.507 e. The minimum absolute atomic E-state index is 0.108. The smallest absolute Gasteiger partial charge is 0.418 e. The molecule has 0 aliphatic rings. The molecule has 2 aromatic carbocycles. The van der Waals surface area contributed by atoms with Crippen LogP contribution in [0.1, 0.15) is 11.1 Å². The van der Waals surface area contributed by atoms with E-state index in [1.165, 1.54) is 12.1 Å². The maximum Gasteiger partial charge on any atom is 0.418 e. The van der Waals surface area contributed by atoms with Crippen molar-refractivity contribution < 1.29 is 23.2 Å². The first-order valence-corrected chi connectivity index (χ1v) is 7.11. The number of nitrogens with one attached hydrogen (secondary N) is 1. The van der Waals surface area contributed by atoms with E-state index >= 15 is 0 Å². The summed E-state index contributed by atoms with van der Waals surface area (Å²) in [6.07, 6.45) is -3.66. The second kappa shape index (κ2) is 6.87. The predicted molar refractivity (Wildman–Crippen MR) is 85.1 cm³/mol. The zero-order chi connectivity index (χ0) is 17.9. The topological polar surface area (TPSA) is 87.8 Å². The minimum atomic E-state index is -4.79. The highest BCUT2D eigenvalue weighted by Crippen LogP contribution is 2.37. The summed E-state index contributed by atoms with van der Waals surface area (Å²) in [6.45, 7) is 0. The molecule has 0 heterocycles. The Kier molecular flexibility index (Phi) is 5.07. The Bertz CT molecular complexity index is 810. The van der Waals surface area contributed by atoms with Crippen molar-refractivity contribution in [3.05, 3.63) is 62.1 Å². The number of anilines is 1. The standard InChI is InChI=1S/C14H9BrF3N3O3/c15-9-1-4-13(22)8(5-9)7-19-20-12-3-2-10(21(23)24)6-11(12)14(16,17)18/h1-7,20,22H/b19-7+. The van der Waals surface area contributed by atoms with Gasteiger partial charge in [-0.05, 0) is 24.3 Å². The van der Waals surface area contributed by atoms with Gasteiger partial charge in [-0.15, -0.1) is 0 Å². The van der Waals surface area contributed by atoms with Crippen LogP contribution in [0.4, 0.5) is 24.5 Å². The van der Waals surface area contributed by atoms with Crippen LogP contribution in [0.3, 0.4) is 0 Å². The molecule has 2 aromatic rings. The zero-order valence-electron chi connectivity index (χ0n) is 11.7. The van der Waals surface area contributed by atoms with Gasteiger partial charge in [0.2, 0.25) is 0 Å². The number of phenols is 1. The lowest BCUT2D eigenvalue weighted by Crippen LogP contribution is -2.09. The number of rotatable bonds is 4. The van der Waals surface area contributed by atoms with Crippen molar-refractivity contribution in [3.8, 4) is 5.75 Å². The first-order chi connectivity index (χ1) is 11.2. The third-order valence-corrected chi connectivity index (χ3v) is 3.39. The van der Waals surface area contributed by atoms with Gasteiger partial charge in [-0.1, -0.05) is 15.9 Å². The molecule has 0 radical (unpaired) electrons. The van der Waals surface area contributed by atoms with Gasteiger partial charge in [-0.25, -0.2) is 0 Å². The summed E-state index contributed by atoms with van der Waals surface area (Å²) in [6, 6.07) is 6.76. The van der Waals surface area contributed by atoms with E-state index in [9.17, 15) is 28.4 Å². The van der Waals surface area contributed by atoms with Crippen LogP contribution in [0.25, 0.3) is 0 Å². The highest BCUT2D eigenvalue weighted by Gasteiger charge is 2.35. The lowest BCUT2D eigenvalue weighted by Gasteiger charge is -2.11. The number of nitrogens with zero attached hydrogens (tertiary/aromatic N) is 2. The Labute approximate surface area is 141 Å². The van der Waals surface area contributed by atoms with E-state index in [-0.39, 0.29) is 11.3 Å². The number of nitro groups is 1. The number of phenolic OH excluding ortho intramolecular Hbond substituents is 1. The quantitative estimate of drug-likeness (QED) is 0.446. The maximum atomic E-state index is 13.0. The molecule has 6 nitrogen and oxygen atoms in total. The van der Waals surface area contributed by atoms with Crippen LogP contribution >= 0.6 is 15.9 Å². The molecule has 10 heteroatoms. The van der Waals surface area contributed by atoms with Crippen LogP contribution in [0.5, 0.6) is 5.75 Å². The average Bonchev–Trinajstić information content (AvgIpc) is 2.49. The van der Waals surface area contributed by atoms with Gasteiger partial charge in [0.25, 0.3) is 5.69 Å². The molecule has 2 N–H and O–H groups in total. The number of hydrogen-bond acceptors (Lipinski definition) is 5. The largest absolute Gasteiger partial charge is 0.507 e. The number of alkyl halides is 3. The van der Waals surface area contributed by atoms with Crippen LogP contribution in [0.2, 0.25) is 0 Å². The number of halogens is 4. The molecule has 0 atom stereocenters. The van der Waals surface area contributed by atoms with Crippen molar-refractivity contribution in [2.45, 2.75) is 6.18 Å². The van der Waals surface area contributed by atoms with Crippen molar-refractivity contribution in [2.75, 3.05) is 5.43 Å². The maximum absolute atomic E-state index is 13.0. The van der Waals surface area contributed by atoms with E-state index in [0.29, 0.717) is 10.5 Å². The third-order valence-electron chi connectivity index (χ3n) is 2.90. The van der Waals surface area contributed by atoms with E-state index < -0.39 is 28.0 Å². The van der Waals surface area contributed by atoms with E-state index in [1.807, 2.05) is 0 Å². The summed E-state index contributed by atoms with van der Waals surface area (Å²) in [5.41, 5.74) is 0.112. The molecule has 24 heavy (non-hydrogen) atoms. The fraction of sp³-hybridized carbons (Fsp3) is 0.0714. The van der Waals surface area contributed by atoms with Crippen LogP contribution in [0, 0.1) is 10.1 Å². The Morgan fingerprint density at radius 2 is 1.96 bits per heavy atom. The van der Waals surface area contributed by atoms with Crippen molar-refractivity contribution in [3.63, 3.8) is 0 Å². The fourth-order valence-electron chi connectivity index (χ4n) is 1.78. The third kappa shape index (κ3) is 4.22. The highest BCUT2D eigenvalue weighted by molar-refractivity contribution is 9.10. The van der Waals surface area contributed by atoms with Gasteiger partial charge in [0.15, 0.2) is 0 Å². The fourth-order valence-corrected chi connectivity index (χ4v) is 2.16. The second-order valence-corrected chi connectivity index (χ2v) is 5.47. The van der Waals surface area contributed by atoms with E-state index in [1.54, 1.807) is 6.07 Å². The monoisotopic (exact) mass is 403 g/mol. The van der Waals surface area contributed by atoms with Crippen LogP contribution in [-0.4, -0.2) is 16.2 Å². The van der Waals surface area contributed by atoms with Gasteiger partial charge < -0.3 is 5.11 Å². The molecule has 0 fully saturated rings. The molecule has 0 spiro atoms. The first kappa shape index (κ1) is 17.7. The molecule has 0 aromatic heterocycles. The molecule has 0 aliphatic carbocycles. The van der Waals surface area contributed by atoms with Crippen LogP contribution in [0.15, 0.2) is 46.0 Å². The number of non-ortho nitro benzene ring substituents is 1. The van der Waals surface area contributed by atoms with Gasteiger partial charge in [0, 0.05) is 22.2 Å². The summed E-state index contributed by atoms with van der Waals surface area (Å²) in [7, 11) is 0. The summed E-state index contributed by atoms with van der Waals surface area (Å²) in [5, 5.41) is 23.9. The lowest BCUT2D eigenvalue weighted by atomic mass is 10.1. The number of benzene rings is 2. The van der Waals surface area contributed by atoms with E-state index in [4.69, 9.17) is 0 Å². The second-order valence-electron chi connectivity index (χ2n) is 4.56. The normalized spacial score (nSPS) is 11.7. The Morgan fingerprint density at radius 1 is 1.25 bits per heavy atom. The van der Waals surface area contributed by atoms with Crippen molar-refractivity contribution in [2.24, 2.45) is 5.10 Å². The zero-order valence-corrected chi connectivity index (χ0v) is 13.3. The summed E-state index contributed by atoms with van der Waals surface area (Å²) >= 11 is 3.19. The van der Waals surface area contributed by atoms with Gasteiger partial charge in [0.1, 0.15) is 5.75 Å². The first-order valence-electron chi connectivity index (χ1n) is 6.31. The van der Waals surface area contributed by atoms with Crippen molar-refractivity contribution in [1.82, 2.24) is 0 Å². The van der Waals surface area contributed by atoms with E-state index in [2.05, 4.69) is 26.5 Å². The van der Waals surface area contributed by atoms with Gasteiger partial charge in [-0.2, -0.15) is 18.3 Å². The molecule has 126 valence electrons. The Balaban J connectivity index is 2.31.